The van der Waals surface area contributed by atoms with Crippen molar-refractivity contribution < 1.29 is 19.2 Å². The van der Waals surface area contributed by atoms with Gasteiger partial charge in [-0.2, -0.15) is 10.2 Å². The van der Waals surface area contributed by atoms with Crippen LogP contribution in [0.25, 0.3) is 11.3 Å². The van der Waals surface area contributed by atoms with Gasteiger partial charge in [0.15, 0.2) is 0 Å². The Bertz CT molecular complexity index is 1530. The van der Waals surface area contributed by atoms with Gasteiger partial charge < -0.3 is 5.32 Å². The van der Waals surface area contributed by atoms with Gasteiger partial charge in [-0.1, -0.05) is 0 Å². The highest BCUT2D eigenvalue weighted by molar-refractivity contribution is 6.23. The summed E-state index contributed by atoms with van der Waals surface area (Å²) in [4.78, 5) is 50.7. The number of nitrogens with one attached hydrogen (secondary N) is 2. The van der Waals surface area contributed by atoms with Gasteiger partial charge in [0.05, 0.1) is 28.6 Å². The Labute approximate surface area is 224 Å². The van der Waals surface area contributed by atoms with Gasteiger partial charge in [-0.15, -0.1) is 0 Å². The van der Waals surface area contributed by atoms with Crippen LogP contribution >= 0.6 is 0 Å². The monoisotopic (exact) mass is 527 g/mol. The van der Waals surface area contributed by atoms with Gasteiger partial charge >= 0.3 is 0 Å². The van der Waals surface area contributed by atoms with Gasteiger partial charge in [0.2, 0.25) is 11.8 Å². The predicted octanol–water partition coefficient (Wildman–Crippen LogP) is 2.63. The fourth-order valence-corrected chi connectivity index (χ4v) is 6.01. The van der Waals surface area contributed by atoms with Crippen LogP contribution in [-0.2, 0) is 16.6 Å². The Morgan fingerprint density at radius 1 is 1.00 bits per heavy atom. The molecule has 4 amide bonds. The van der Waals surface area contributed by atoms with E-state index in [1.807, 2.05) is 24.0 Å². The molecule has 2 saturated carbocycles. The molecule has 3 aromatic rings. The zero-order valence-corrected chi connectivity index (χ0v) is 21.6. The zero-order valence-electron chi connectivity index (χ0n) is 21.6. The second-order valence-corrected chi connectivity index (χ2v) is 11.1. The minimum atomic E-state index is -0.959. The van der Waals surface area contributed by atoms with Crippen LogP contribution in [0.3, 0.4) is 0 Å². The van der Waals surface area contributed by atoms with Gasteiger partial charge in [0, 0.05) is 49.6 Å². The van der Waals surface area contributed by atoms with E-state index in [0.29, 0.717) is 17.9 Å². The highest BCUT2D eigenvalue weighted by atomic mass is 16.2. The number of hydrogen-bond acceptors (Lipinski definition) is 7. The molecule has 0 bridgehead atoms. The standard InChI is InChI=1S/C28H29N7O4/c1-33-22(8-9-30-33)21-14-34(32-25(21)16-2-3-16)18-10-15(11-18)13-29-17-4-5-19-20(12-17)28(39)35(27(19)38)23-6-7-24(36)31-26(23)37/h4-5,8-9,12,14-16,18,23,29H,2-3,6-7,10-11,13H2,1H3,(H,31,36,37)/t15-,18-,23?. The second kappa shape index (κ2) is 8.89. The molecule has 1 aromatic carbocycles. The third kappa shape index (κ3) is 4.03. The zero-order chi connectivity index (χ0) is 26.8. The van der Waals surface area contributed by atoms with Crippen molar-refractivity contribution in [2.75, 3.05) is 11.9 Å². The summed E-state index contributed by atoms with van der Waals surface area (Å²) >= 11 is 0. The molecule has 2 N–H and O–H groups in total. The van der Waals surface area contributed by atoms with Crippen molar-refractivity contribution >= 4 is 29.3 Å². The van der Waals surface area contributed by atoms with Gasteiger partial charge in [-0.05, 0) is 62.3 Å². The largest absolute Gasteiger partial charge is 0.385 e. The number of benzene rings is 1. The van der Waals surface area contributed by atoms with E-state index in [1.54, 1.807) is 18.2 Å². The quantitative estimate of drug-likeness (QED) is 0.452. The van der Waals surface area contributed by atoms with Crippen LogP contribution in [0.1, 0.15) is 76.9 Å². The molecule has 2 aliphatic heterocycles. The van der Waals surface area contributed by atoms with Gasteiger partial charge in [-0.3, -0.25) is 38.8 Å². The number of piperidine rings is 1. The summed E-state index contributed by atoms with van der Waals surface area (Å²) in [6.07, 6.45) is 8.65. The summed E-state index contributed by atoms with van der Waals surface area (Å²) in [5, 5.41) is 15.0. The Hall–Kier alpha value is -4.28. The number of nitrogens with zero attached hydrogens (tertiary/aromatic N) is 5. The van der Waals surface area contributed by atoms with Crippen molar-refractivity contribution in [1.82, 2.24) is 29.8 Å². The second-order valence-electron chi connectivity index (χ2n) is 11.1. The number of amides is 4. The summed E-state index contributed by atoms with van der Waals surface area (Å²) in [7, 11) is 1.96. The van der Waals surface area contributed by atoms with Crippen LogP contribution in [0, 0.1) is 5.92 Å². The molecule has 0 spiro atoms. The summed E-state index contributed by atoms with van der Waals surface area (Å²) in [5.74, 6) is -0.961. The smallest absolute Gasteiger partial charge is 0.262 e. The maximum Gasteiger partial charge on any atom is 0.262 e. The third-order valence-corrected chi connectivity index (χ3v) is 8.44. The summed E-state index contributed by atoms with van der Waals surface area (Å²) in [6.45, 7) is 0.750. The van der Waals surface area contributed by atoms with E-state index in [-0.39, 0.29) is 29.9 Å². The number of fused-ring (bicyclic) bond motifs is 1. The lowest BCUT2D eigenvalue weighted by Crippen LogP contribution is -2.54. The lowest BCUT2D eigenvalue weighted by Gasteiger charge is -2.35. The van der Waals surface area contributed by atoms with E-state index in [9.17, 15) is 19.2 Å². The SMILES string of the molecule is Cn1nccc1-c1cn([C@H]2C[C@H](CNc3ccc4c(c3)C(=O)N(C3CCC(=O)NC3=O)C4=O)C2)nc1C1CC1. The minimum absolute atomic E-state index is 0.101. The average molecular weight is 528 g/mol. The molecule has 1 unspecified atom stereocenters. The molecule has 200 valence electrons. The molecule has 11 nitrogen and oxygen atoms in total. The lowest BCUT2D eigenvalue weighted by atomic mass is 9.80. The highest BCUT2D eigenvalue weighted by Gasteiger charge is 2.44. The number of carbonyl (C=O) groups excluding carboxylic acids is 4. The number of rotatable bonds is 7. The van der Waals surface area contributed by atoms with Gasteiger partial charge in [0.25, 0.3) is 11.8 Å². The van der Waals surface area contributed by atoms with E-state index < -0.39 is 23.8 Å². The summed E-state index contributed by atoms with van der Waals surface area (Å²) in [6, 6.07) is 6.56. The van der Waals surface area contributed by atoms with Crippen molar-refractivity contribution in [1.29, 1.82) is 0 Å². The minimum Gasteiger partial charge on any atom is -0.385 e. The molecule has 39 heavy (non-hydrogen) atoms. The Morgan fingerprint density at radius 3 is 2.51 bits per heavy atom. The molecular formula is C28H29N7O4. The fourth-order valence-electron chi connectivity index (χ4n) is 6.01. The van der Waals surface area contributed by atoms with E-state index in [1.165, 1.54) is 24.1 Å². The van der Waals surface area contributed by atoms with Crippen LogP contribution in [-0.4, -0.2) is 60.7 Å². The predicted molar refractivity (Wildman–Crippen MR) is 140 cm³/mol. The van der Waals surface area contributed by atoms with Crippen LogP contribution in [0.15, 0.2) is 36.7 Å². The third-order valence-electron chi connectivity index (χ3n) is 8.44. The Morgan fingerprint density at radius 2 is 1.79 bits per heavy atom. The first-order valence-corrected chi connectivity index (χ1v) is 13.5. The van der Waals surface area contributed by atoms with E-state index in [0.717, 1.165) is 35.7 Å². The van der Waals surface area contributed by atoms with Gasteiger partial charge in [0.1, 0.15) is 6.04 Å². The van der Waals surface area contributed by atoms with Crippen molar-refractivity contribution in [3.63, 3.8) is 0 Å². The molecule has 3 fully saturated rings. The highest BCUT2D eigenvalue weighted by Crippen LogP contribution is 2.45. The van der Waals surface area contributed by atoms with Crippen molar-refractivity contribution in [2.45, 2.75) is 56.5 Å². The van der Waals surface area contributed by atoms with Gasteiger partial charge in [-0.25, -0.2) is 0 Å². The maximum absolute atomic E-state index is 13.1. The molecule has 11 heteroatoms. The lowest BCUT2D eigenvalue weighted by molar-refractivity contribution is -0.136. The first-order chi connectivity index (χ1) is 18.9. The number of carbonyl (C=O) groups is 4. The normalized spacial score (nSPS) is 24.5. The number of anilines is 1. The number of aryl methyl sites for hydroxylation is 1. The Balaban J connectivity index is 0.989. The molecule has 4 aliphatic rings. The summed E-state index contributed by atoms with van der Waals surface area (Å²) in [5.41, 5.74) is 4.80. The first kappa shape index (κ1) is 23.8. The molecule has 0 radical (unpaired) electrons. The van der Waals surface area contributed by atoms with Crippen LogP contribution < -0.4 is 10.6 Å². The van der Waals surface area contributed by atoms with Crippen LogP contribution in [0.4, 0.5) is 5.69 Å². The molecule has 4 heterocycles. The van der Waals surface area contributed by atoms with Crippen molar-refractivity contribution in [3.8, 4) is 11.3 Å². The summed E-state index contributed by atoms with van der Waals surface area (Å²) < 4.78 is 4.04. The van der Waals surface area contributed by atoms with Crippen molar-refractivity contribution in [2.24, 2.45) is 13.0 Å². The van der Waals surface area contributed by atoms with E-state index in [4.69, 9.17) is 5.10 Å². The fraction of sp³-hybridized carbons (Fsp3) is 0.429. The Kier molecular flexibility index (Phi) is 5.43. The number of aromatic nitrogens is 4. The first-order valence-electron chi connectivity index (χ1n) is 13.5. The topological polar surface area (TPSA) is 131 Å². The number of imide groups is 2. The molecule has 2 aromatic heterocycles. The molecule has 7 rings (SSSR count). The number of hydrogen-bond donors (Lipinski definition) is 2. The molecule has 1 atom stereocenters. The molecule has 2 aliphatic carbocycles. The maximum atomic E-state index is 13.1. The molecular weight excluding hydrogens is 498 g/mol. The van der Waals surface area contributed by atoms with Crippen LogP contribution in [0.5, 0.6) is 0 Å². The average Bonchev–Trinajstić information content (AvgIpc) is 3.43. The molecule has 1 saturated heterocycles. The van der Waals surface area contributed by atoms with E-state index >= 15 is 0 Å². The van der Waals surface area contributed by atoms with Crippen molar-refractivity contribution in [3.05, 3.63) is 53.5 Å². The van der Waals surface area contributed by atoms with Crippen LogP contribution in [0.2, 0.25) is 0 Å². The van der Waals surface area contributed by atoms with E-state index in [2.05, 4.69) is 26.6 Å².